The third kappa shape index (κ3) is 3.20. The Labute approximate surface area is 133 Å². The Bertz CT molecular complexity index is 816. The number of carbonyl (C=O) groups excluding carboxylic acids is 1. The molecule has 0 radical (unpaired) electrons. The fourth-order valence-corrected chi connectivity index (χ4v) is 2.56. The van der Waals surface area contributed by atoms with Crippen molar-refractivity contribution in [1.29, 1.82) is 0 Å². The largest absolute Gasteiger partial charge is 0.461 e. The van der Waals surface area contributed by atoms with Crippen LogP contribution in [0.1, 0.15) is 18.4 Å². The number of aromatic nitrogens is 1. The second kappa shape index (κ2) is 6.75. The Morgan fingerprint density at radius 3 is 2.77 bits per heavy atom. The van der Waals surface area contributed by atoms with Gasteiger partial charge >= 0.3 is 5.97 Å². The first-order chi connectivity index (χ1) is 10.8. The number of esters is 1. The third-order valence-electron chi connectivity index (χ3n) is 3.53. The van der Waals surface area contributed by atoms with Crippen LogP contribution in [-0.4, -0.2) is 16.8 Å². The zero-order chi connectivity index (χ0) is 15.4. The summed E-state index contributed by atoms with van der Waals surface area (Å²) < 4.78 is 5.31. The van der Waals surface area contributed by atoms with Crippen LogP contribution in [0.5, 0.6) is 0 Å². The Hall–Kier alpha value is -2.13. The number of carbonyl (C=O) groups is 1. The molecule has 0 aliphatic carbocycles. The van der Waals surface area contributed by atoms with Crippen molar-refractivity contribution in [3.8, 4) is 0 Å². The van der Waals surface area contributed by atoms with Crippen LogP contribution in [0.4, 0.5) is 0 Å². The van der Waals surface area contributed by atoms with Crippen molar-refractivity contribution in [2.75, 3.05) is 5.88 Å². The molecule has 0 saturated carbocycles. The van der Waals surface area contributed by atoms with Gasteiger partial charge in [0.25, 0.3) is 0 Å². The number of nitrogens with zero attached hydrogens (tertiary/aromatic N) is 1. The van der Waals surface area contributed by atoms with E-state index in [1.165, 1.54) is 0 Å². The molecule has 0 unspecified atom stereocenters. The van der Waals surface area contributed by atoms with Gasteiger partial charge in [-0.05, 0) is 18.6 Å². The summed E-state index contributed by atoms with van der Waals surface area (Å²) in [5.74, 6) is 0.245. The van der Waals surface area contributed by atoms with E-state index in [0.29, 0.717) is 18.7 Å². The monoisotopic (exact) mass is 313 g/mol. The van der Waals surface area contributed by atoms with Gasteiger partial charge in [0.15, 0.2) is 0 Å². The summed E-state index contributed by atoms with van der Waals surface area (Å²) in [6, 6.07) is 16.0. The summed E-state index contributed by atoms with van der Waals surface area (Å²) in [6.07, 6.45) is 0.990. The molecule has 1 aromatic heterocycles. The summed E-state index contributed by atoms with van der Waals surface area (Å²) in [5, 5.41) is 2.15. The van der Waals surface area contributed by atoms with Crippen molar-refractivity contribution in [2.45, 2.75) is 19.4 Å². The molecule has 3 rings (SSSR count). The molecule has 0 saturated heterocycles. The molecule has 0 aliphatic heterocycles. The molecule has 0 fully saturated rings. The number of para-hydroxylation sites is 2. The zero-order valence-corrected chi connectivity index (χ0v) is 12.8. The molecular formula is C18H16ClNO2. The lowest BCUT2D eigenvalue weighted by Crippen LogP contribution is -2.05. The number of hydrogen-bond acceptors (Lipinski definition) is 3. The maximum absolute atomic E-state index is 11.6. The van der Waals surface area contributed by atoms with E-state index in [2.05, 4.69) is 6.07 Å². The minimum absolute atomic E-state index is 0.224. The van der Waals surface area contributed by atoms with Crippen LogP contribution < -0.4 is 0 Å². The van der Waals surface area contributed by atoms with Crippen molar-refractivity contribution in [3.63, 3.8) is 0 Å². The molecular weight excluding hydrogens is 298 g/mol. The topological polar surface area (TPSA) is 39.2 Å². The van der Waals surface area contributed by atoms with Crippen LogP contribution in [0.25, 0.3) is 21.8 Å². The van der Waals surface area contributed by atoms with Crippen molar-refractivity contribution < 1.29 is 9.53 Å². The first-order valence-corrected chi connectivity index (χ1v) is 7.80. The third-order valence-corrected chi connectivity index (χ3v) is 3.80. The molecule has 0 amide bonds. The van der Waals surface area contributed by atoms with Gasteiger partial charge < -0.3 is 4.74 Å². The van der Waals surface area contributed by atoms with Crippen LogP contribution in [-0.2, 0) is 16.1 Å². The number of hydrogen-bond donors (Lipinski definition) is 0. The number of halogens is 1. The fraction of sp³-hybridized carbons (Fsp3) is 0.222. The van der Waals surface area contributed by atoms with E-state index in [0.717, 1.165) is 27.4 Å². The predicted octanol–water partition coefficient (Wildman–Crippen LogP) is 4.45. The number of alkyl halides is 1. The Morgan fingerprint density at radius 2 is 1.91 bits per heavy atom. The van der Waals surface area contributed by atoms with E-state index in [9.17, 15) is 4.79 Å². The highest BCUT2D eigenvalue weighted by molar-refractivity contribution is 6.17. The highest BCUT2D eigenvalue weighted by Crippen LogP contribution is 2.22. The van der Waals surface area contributed by atoms with Gasteiger partial charge in [-0.15, -0.1) is 11.6 Å². The SMILES string of the molecule is O=C(CCCCl)OCc1cccc2cc3ccccc3nc12. The smallest absolute Gasteiger partial charge is 0.306 e. The van der Waals surface area contributed by atoms with Crippen molar-refractivity contribution in [1.82, 2.24) is 4.98 Å². The first-order valence-electron chi connectivity index (χ1n) is 7.27. The molecule has 0 bridgehead atoms. The predicted molar refractivity (Wildman–Crippen MR) is 89.0 cm³/mol. The van der Waals surface area contributed by atoms with Gasteiger partial charge in [-0.3, -0.25) is 4.79 Å². The molecule has 3 nitrogen and oxygen atoms in total. The maximum Gasteiger partial charge on any atom is 0.306 e. The van der Waals surface area contributed by atoms with Crippen LogP contribution in [0, 0.1) is 0 Å². The van der Waals surface area contributed by atoms with Crippen molar-refractivity contribution in [3.05, 3.63) is 54.1 Å². The minimum Gasteiger partial charge on any atom is -0.461 e. The standard InChI is InChI=1S/C18H16ClNO2/c19-10-4-9-17(21)22-12-15-7-3-6-14-11-13-5-1-2-8-16(13)20-18(14)15/h1-3,5-8,11H,4,9-10,12H2. The number of benzene rings is 2. The molecule has 3 aromatic rings. The summed E-state index contributed by atoms with van der Waals surface area (Å²) >= 11 is 5.58. The van der Waals surface area contributed by atoms with Gasteiger partial charge in [-0.1, -0.05) is 36.4 Å². The maximum atomic E-state index is 11.6. The molecule has 0 spiro atoms. The molecule has 1 heterocycles. The van der Waals surface area contributed by atoms with Crippen LogP contribution in [0.15, 0.2) is 48.5 Å². The molecule has 22 heavy (non-hydrogen) atoms. The van der Waals surface area contributed by atoms with Crippen LogP contribution >= 0.6 is 11.6 Å². The second-order valence-electron chi connectivity index (χ2n) is 5.12. The minimum atomic E-state index is -0.224. The van der Waals surface area contributed by atoms with E-state index in [1.807, 2.05) is 42.5 Å². The highest BCUT2D eigenvalue weighted by atomic mass is 35.5. The van der Waals surface area contributed by atoms with E-state index in [4.69, 9.17) is 21.3 Å². The van der Waals surface area contributed by atoms with E-state index in [1.54, 1.807) is 0 Å². The molecule has 4 heteroatoms. The second-order valence-corrected chi connectivity index (χ2v) is 5.50. The lowest BCUT2D eigenvalue weighted by atomic mass is 10.1. The fourth-order valence-electron chi connectivity index (χ4n) is 2.42. The van der Waals surface area contributed by atoms with E-state index >= 15 is 0 Å². The molecule has 2 aromatic carbocycles. The van der Waals surface area contributed by atoms with Gasteiger partial charge in [-0.25, -0.2) is 4.98 Å². The summed E-state index contributed by atoms with van der Waals surface area (Å²) in [5.41, 5.74) is 2.74. The Morgan fingerprint density at radius 1 is 1.09 bits per heavy atom. The average molecular weight is 314 g/mol. The van der Waals surface area contributed by atoms with Crippen LogP contribution in [0.3, 0.4) is 0 Å². The van der Waals surface area contributed by atoms with Crippen molar-refractivity contribution in [2.24, 2.45) is 0 Å². The van der Waals surface area contributed by atoms with Crippen molar-refractivity contribution >= 4 is 39.4 Å². The molecule has 0 N–H and O–H groups in total. The van der Waals surface area contributed by atoms with Gasteiger partial charge in [-0.2, -0.15) is 0 Å². The number of pyridine rings is 1. The average Bonchev–Trinajstić information content (AvgIpc) is 2.56. The quantitative estimate of drug-likeness (QED) is 0.397. The summed E-state index contributed by atoms with van der Waals surface area (Å²) in [6.45, 7) is 0.240. The van der Waals surface area contributed by atoms with E-state index in [-0.39, 0.29) is 12.6 Å². The molecule has 0 aliphatic rings. The summed E-state index contributed by atoms with van der Waals surface area (Å²) in [4.78, 5) is 16.3. The van der Waals surface area contributed by atoms with Crippen LogP contribution in [0.2, 0.25) is 0 Å². The number of ether oxygens (including phenoxy) is 1. The summed E-state index contributed by atoms with van der Waals surface area (Å²) in [7, 11) is 0. The van der Waals surface area contributed by atoms with Gasteiger partial charge in [0.1, 0.15) is 6.61 Å². The molecule has 112 valence electrons. The molecule has 0 atom stereocenters. The van der Waals surface area contributed by atoms with E-state index < -0.39 is 0 Å². The zero-order valence-electron chi connectivity index (χ0n) is 12.1. The first kappa shape index (κ1) is 14.8. The Balaban J connectivity index is 1.89. The number of rotatable bonds is 5. The normalized spacial score (nSPS) is 11.0. The van der Waals surface area contributed by atoms with Gasteiger partial charge in [0.2, 0.25) is 0 Å². The lowest BCUT2D eigenvalue weighted by Gasteiger charge is -2.08. The highest BCUT2D eigenvalue weighted by Gasteiger charge is 2.08. The Kier molecular flexibility index (Phi) is 4.54. The van der Waals surface area contributed by atoms with Gasteiger partial charge in [0.05, 0.1) is 11.0 Å². The van der Waals surface area contributed by atoms with Gasteiger partial charge in [0, 0.05) is 28.6 Å². The number of fused-ring (bicyclic) bond motifs is 2. The lowest BCUT2D eigenvalue weighted by molar-refractivity contribution is -0.144.